The molecule has 0 N–H and O–H groups in total. The van der Waals surface area contributed by atoms with Crippen LogP contribution < -0.4 is 30.1 Å². The summed E-state index contributed by atoms with van der Waals surface area (Å²) >= 11 is 0. The van der Waals surface area contributed by atoms with Gasteiger partial charge in [-0.2, -0.15) is 0 Å². The smallest absolute Gasteiger partial charge is 0.269 e. The van der Waals surface area contributed by atoms with Crippen LogP contribution in [0, 0.1) is 6.33 Å². The molecule has 5 nitrogen and oxygen atoms in total. The second-order valence-electron chi connectivity index (χ2n) is 21.4. The van der Waals surface area contributed by atoms with Gasteiger partial charge in [0.15, 0.2) is 8.07 Å². The molecule has 6 heteroatoms. The Kier molecular flexibility index (Phi) is 10.2. The Balaban J connectivity index is 1.02. The molecule has 3 heterocycles. The molecule has 392 valence electrons. The molecule has 0 aliphatic carbocycles. The van der Waals surface area contributed by atoms with E-state index in [1.54, 1.807) is 4.57 Å². The molecular weight excluding hydrogens is 1010 g/mol. The van der Waals surface area contributed by atoms with Gasteiger partial charge in [-0.3, -0.25) is 13.7 Å². The number of pyridine rings is 1. The number of imidazole rings is 1. The van der Waals surface area contributed by atoms with E-state index < -0.39 is 68.5 Å². The maximum Gasteiger partial charge on any atom is 0.269 e. The van der Waals surface area contributed by atoms with Crippen LogP contribution in [-0.2, 0) is 5.41 Å². The number of benzene rings is 11. The van der Waals surface area contributed by atoms with Crippen molar-refractivity contribution in [1.29, 1.82) is 0 Å². The molecule has 0 amide bonds. The molecule has 11 aromatic carbocycles. The zero-order valence-electron chi connectivity index (χ0n) is 55.2. The first-order valence-corrected chi connectivity index (χ1v) is 29.3. The maximum absolute atomic E-state index is 9.75. The molecule has 0 fully saturated rings. The number of para-hydroxylation sites is 3. The SMILES string of the molecule is [2H]c1c([2H])c([2H])c(-c2cc(-c3ccccc3[Si](c3ccccc3)(c3ccccc3)c3ccccc3)cc(-c3c([2H])c([2H])c([2H])c([2H])c3[2H])c2-[n+]2[c-]n(-c3cccc(Oc4ccc5c6ccccc6n(-c6cc(C(C)(C)C)ccn6)c5c4)c3)c3ccccc32)c([2H])c1[2H]. The van der Waals surface area contributed by atoms with Gasteiger partial charge >= 0.3 is 0 Å². The highest BCUT2D eigenvalue weighted by atomic mass is 28.3. The summed E-state index contributed by atoms with van der Waals surface area (Å²) in [6, 6.07) is 70.8. The van der Waals surface area contributed by atoms with E-state index in [4.69, 9.17) is 12.5 Å². The third-order valence-electron chi connectivity index (χ3n) is 15.5. The summed E-state index contributed by atoms with van der Waals surface area (Å²) in [6.07, 6.45) is 5.45. The Hall–Kier alpha value is -10.1. The van der Waals surface area contributed by atoms with Crippen LogP contribution in [0.15, 0.2) is 297 Å². The molecule has 0 saturated heterocycles. The van der Waals surface area contributed by atoms with Crippen LogP contribution in [0.25, 0.3) is 83.4 Å². The first kappa shape index (κ1) is 40.1. The number of nitrogens with zero attached hydrogens (tertiary/aromatic N) is 4. The van der Waals surface area contributed by atoms with E-state index in [1.807, 2.05) is 168 Å². The molecular formula is C76H58N4OSi. The van der Waals surface area contributed by atoms with Crippen molar-refractivity contribution in [1.82, 2.24) is 14.1 Å². The van der Waals surface area contributed by atoms with Gasteiger partial charge in [-0.15, -0.1) is 0 Å². The molecule has 0 radical (unpaired) electrons. The van der Waals surface area contributed by atoms with E-state index in [-0.39, 0.29) is 33.4 Å². The zero-order chi connectivity index (χ0) is 63.9. The third kappa shape index (κ3) is 8.81. The number of rotatable bonds is 12. The fourth-order valence-corrected chi connectivity index (χ4v) is 16.8. The van der Waals surface area contributed by atoms with Gasteiger partial charge in [0.2, 0.25) is 0 Å². The number of fused-ring (bicyclic) bond motifs is 4. The van der Waals surface area contributed by atoms with Crippen molar-refractivity contribution >= 4 is 61.7 Å². The lowest BCUT2D eigenvalue weighted by atomic mass is 9.88. The Labute approximate surface area is 494 Å². The Morgan fingerprint density at radius 2 is 1.04 bits per heavy atom. The minimum absolute atomic E-state index is 0.112. The second kappa shape index (κ2) is 20.8. The van der Waals surface area contributed by atoms with Crippen molar-refractivity contribution in [2.75, 3.05) is 0 Å². The largest absolute Gasteiger partial charge is 0.458 e. The molecule has 0 spiro atoms. The fourth-order valence-electron chi connectivity index (χ4n) is 11.8. The maximum atomic E-state index is 9.75. The van der Waals surface area contributed by atoms with E-state index >= 15 is 0 Å². The topological polar surface area (TPSA) is 35.9 Å². The Morgan fingerprint density at radius 1 is 0.476 bits per heavy atom. The summed E-state index contributed by atoms with van der Waals surface area (Å²) in [7, 11) is -3.38. The van der Waals surface area contributed by atoms with Crippen LogP contribution in [0.1, 0.15) is 40.0 Å². The standard InChI is InChI=1S/C76H58N4OSi/c1-76(2,3)57-46-47-77-74(50-57)80-69-40-21-19-39-65(69)66-45-44-60(52-72(66)80)81-59-31-25-30-58(51-59)78-53-79(71-42-23-22-41-70(71)78)75-67(54-26-9-4-10-27-54)48-56(49-68(75)55-28-11-5-12-29-55)64-38-20-24-43-73(64)82(61-32-13-6-14-33-61,62-34-15-7-16-35-62)63-36-17-8-18-37-63/h4-52H,1-3H3/i4D,5D,9D,10D,11D,12D,26D,27D,28D,29D. The first-order chi connectivity index (χ1) is 44.4. The molecule has 0 unspecified atom stereocenters. The number of ether oxygens (including phenoxy) is 1. The summed E-state index contributed by atoms with van der Waals surface area (Å²) in [6.45, 7) is 6.55. The minimum atomic E-state index is -3.38. The minimum Gasteiger partial charge on any atom is -0.458 e. The Morgan fingerprint density at radius 3 is 1.68 bits per heavy atom. The second-order valence-corrected chi connectivity index (χ2v) is 25.1. The highest BCUT2D eigenvalue weighted by molar-refractivity contribution is 7.20. The number of aromatic nitrogens is 4. The van der Waals surface area contributed by atoms with Crippen molar-refractivity contribution in [2.45, 2.75) is 26.2 Å². The quantitative estimate of drug-likeness (QED) is 0.0529. The van der Waals surface area contributed by atoms with Gasteiger partial charge in [0.05, 0.1) is 47.1 Å². The summed E-state index contributed by atoms with van der Waals surface area (Å²) in [4.78, 5) is 4.88. The lowest BCUT2D eigenvalue weighted by Gasteiger charge is -2.36. The fraction of sp³-hybridized carbons (Fsp3) is 0.0526. The van der Waals surface area contributed by atoms with Crippen LogP contribution in [0.4, 0.5) is 0 Å². The molecule has 0 aliphatic rings. The normalized spacial score (nSPS) is 13.5. The van der Waals surface area contributed by atoms with Gasteiger partial charge in [0.25, 0.3) is 6.33 Å². The summed E-state index contributed by atoms with van der Waals surface area (Å²) < 4.78 is 106. The van der Waals surface area contributed by atoms with Crippen LogP contribution >= 0.6 is 0 Å². The van der Waals surface area contributed by atoms with Crippen molar-refractivity contribution in [2.24, 2.45) is 0 Å². The molecule has 0 bridgehead atoms. The van der Waals surface area contributed by atoms with Crippen molar-refractivity contribution in [3.63, 3.8) is 0 Å². The van der Waals surface area contributed by atoms with Crippen LogP contribution in [0.2, 0.25) is 0 Å². The molecule has 0 atom stereocenters. The van der Waals surface area contributed by atoms with Crippen molar-refractivity contribution < 1.29 is 23.0 Å². The van der Waals surface area contributed by atoms with Gasteiger partial charge in [-0.1, -0.05) is 245 Å². The van der Waals surface area contributed by atoms with Gasteiger partial charge in [0, 0.05) is 23.0 Å². The molecule has 14 rings (SSSR count). The summed E-state index contributed by atoms with van der Waals surface area (Å²) in [5, 5.41) is 6.28. The number of hydrogen-bond donors (Lipinski definition) is 0. The monoisotopic (exact) mass is 1080 g/mol. The lowest BCUT2D eigenvalue weighted by Crippen LogP contribution is -2.75. The van der Waals surface area contributed by atoms with Gasteiger partial charge in [-0.05, 0) is 126 Å². The molecule has 0 saturated carbocycles. The van der Waals surface area contributed by atoms with Gasteiger partial charge in [0.1, 0.15) is 17.3 Å². The first-order valence-electron chi connectivity index (χ1n) is 32.3. The van der Waals surface area contributed by atoms with Crippen LogP contribution in [-0.4, -0.2) is 22.2 Å². The zero-order valence-corrected chi connectivity index (χ0v) is 46.2. The predicted molar refractivity (Wildman–Crippen MR) is 341 cm³/mol. The molecule has 0 aliphatic heterocycles. The third-order valence-corrected chi connectivity index (χ3v) is 20.3. The predicted octanol–water partition coefficient (Wildman–Crippen LogP) is 15.7. The molecule has 3 aromatic heterocycles. The lowest BCUT2D eigenvalue weighted by molar-refractivity contribution is -0.571. The number of hydrogen-bond acceptors (Lipinski definition) is 2. The highest BCUT2D eigenvalue weighted by Gasteiger charge is 2.43. The average Bonchev–Trinajstić information content (AvgIpc) is 0.818. The molecule has 82 heavy (non-hydrogen) atoms. The van der Waals surface area contributed by atoms with Crippen molar-refractivity contribution in [3.8, 4) is 62.1 Å². The van der Waals surface area contributed by atoms with E-state index in [1.165, 1.54) is 0 Å². The van der Waals surface area contributed by atoms with E-state index in [9.17, 15) is 11.0 Å². The highest BCUT2D eigenvalue weighted by Crippen LogP contribution is 2.40. The van der Waals surface area contributed by atoms with Gasteiger partial charge in [-0.25, -0.2) is 4.98 Å². The Bertz CT molecular complexity index is 5020. The summed E-state index contributed by atoms with van der Waals surface area (Å²) in [5.74, 6) is 1.86. The van der Waals surface area contributed by atoms with Crippen molar-refractivity contribution in [3.05, 3.63) is 309 Å². The molecule has 14 aromatic rings. The van der Waals surface area contributed by atoms with Gasteiger partial charge < -0.3 is 4.74 Å². The van der Waals surface area contributed by atoms with Crippen LogP contribution in [0.5, 0.6) is 11.5 Å². The van der Waals surface area contributed by atoms with E-state index in [0.29, 0.717) is 39.3 Å². The van der Waals surface area contributed by atoms with E-state index in [0.717, 1.165) is 53.9 Å². The van der Waals surface area contributed by atoms with Crippen LogP contribution in [0.3, 0.4) is 0 Å². The average molecular weight is 1080 g/mol. The summed E-state index contributed by atoms with van der Waals surface area (Å²) in [5.41, 5.74) is 5.98. The van der Waals surface area contributed by atoms with E-state index in [2.05, 4.69) is 104 Å².